The number of pyridine rings is 1. The number of alkyl halides is 3. The fraction of sp³-hybridized carbons (Fsp3) is 0.167. The number of esters is 1. The number of rotatable bonds is 3. The fourth-order valence-electron chi connectivity index (χ4n) is 1.42. The molecule has 0 amide bonds. The highest BCUT2D eigenvalue weighted by Gasteiger charge is 2.31. The summed E-state index contributed by atoms with van der Waals surface area (Å²) in [7, 11) is 1.25. The van der Waals surface area contributed by atoms with Gasteiger partial charge in [0.25, 0.3) is 0 Å². The van der Waals surface area contributed by atoms with Crippen molar-refractivity contribution < 1.29 is 27.4 Å². The molecule has 20 heavy (non-hydrogen) atoms. The van der Waals surface area contributed by atoms with Crippen LogP contribution in [0.25, 0.3) is 10.6 Å². The van der Waals surface area contributed by atoms with E-state index < -0.39 is 12.3 Å². The van der Waals surface area contributed by atoms with Gasteiger partial charge in [0.05, 0.1) is 23.2 Å². The Bertz CT molecular complexity index is 607. The Morgan fingerprint density at radius 2 is 2.10 bits per heavy atom. The van der Waals surface area contributed by atoms with Gasteiger partial charge in [0, 0.05) is 17.6 Å². The lowest BCUT2D eigenvalue weighted by molar-refractivity contribution is -0.274. The maximum atomic E-state index is 12.0. The Morgan fingerprint density at radius 1 is 1.35 bits per heavy atom. The van der Waals surface area contributed by atoms with Crippen molar-refractivity contribution in [3.63, 3.8) is 0 Å². The first kappa shape index (κ1) is 14.3. The Kier molecular flexibility index (Phi) is 3.93. The van der Waals surface area contributed by atoms with Crippen molar-refractivity contribution in [1.29, 1.82) is 0 Å². The van der Waals surface area contributed by atoms with Crippen LogP contribution in [0.3, 0.4) is 0 Å². The highest BCUT2D eigenvalue weighted by molar-refractivity contribution is 7.13. The lowest BCUT2D eigenvalue weighted by Crippen LogP contribution is -2.16. The summed E-state index contributed by atoms with van der Waals surface area (Å²) in [5.41, 5.74) is 0.708. The van der Waals surface area contributed by atoms with Gasteiger partial charge in [-0.05, 0) is 12.1 Å². The Labute approximate surface area is 115 Å². The molecule has 0 aliphatic rings. The highest BCUT2D eigenvalue weighted by atomic mass is 32.1. The van der Waals surface area contributed by atoms with Crippen LogP contribution < -0.4 is 4.74 Å². The predicted octanol–water partition coefficient (Wildman–Crippen LogP) is 3.50. The standard InChI is InChI=1S/C12H8F3NO3S/c1-18-11(17)7-2-3-9(16-5-7)10-4-8(6-20-10)19-12(13,14)15/h2-6H,1H3. The minimum Gasteiger partial charge on any atom is -0.465 e. The minimum atomic E-state index is -4.72. The minimum absolute atomic E-state index is 0.263. The first-order chi connectivity index (χ1) is 9.39. The van der Waals surface area contributed by atoms with E-state index in [4.69, 9.17) is 0 Å². The summed E-state index contributed by atoms with van der Waals surface area (Å²) >= 11 is 1.06. The third-order valence-corrected chi connectivity index (χ3v) is 3.18. The zero-order valence-corrected chi connectivity index (χ0v) is 10.9. The Balaban J connectivity index is 2.18. The number of ether oxygens (including phenoxy) is 2. The predicted molar refractivity (Wildman–Crippen MR) is 65.6 cm³/mol. The molecule has 0 radical (unpaired) electrons. The normalized spacial score (nSPS) is 11.2. The molecule has 0 aromatic carbocycles. The number of methoxy groups -OCH3 is 1. The molecule has 0 atom stereocenters. The maximum Gasteiger partial charge on any atom is 0.573 e. The maximum absolute atomic E-state index is 12.0. The second kappa shape index (κ2) is 5.49. The molecule has 0 unspecified atom stereocenters. The summed E-state index contributed by atoms with van der Waals surface area (Å²) in [4.78, 5) is 15.7. The van der Waals surface area contributed by atoms with Crippen LogP contribution in [0.4, 0.5) is 13.2 Å². The molecule has 8 heteroatoms. The number of hydrogen-bond donors (Lipinski definition) is 0. The molecule has 2 heterocycles. The van der Waals surface area contributed by atoms with E-state index in [1.807, 2.05) is 0 Å². The van der Waals surface area contributed by atoms with Crippen LogP contribution in [0.15, 0.2) is 29.8 Å². The summed E-state index contributed by atoms with van der Waals surface area (Å²) in [6.45, 7) is 0. The van der Waals surface area contributed by atoms with Crippen molar-refractivity contribution in [2.24, 2.45) is 0 Å². The van der Waals surface area contributed by atoms with Gasteiger partial charge in [-0.15, -0.1) is 24.5 Å². The van der Waals surface area contributed by atoms with Crippen molar-refractivity contribution in [2.45, 2.75) is 6.36 Å². The van der Waals surface area contributed by atoms with E-state index in [1.54, 1.807) is 0 Å². The molecule has 2 aromatic rings. The van der Waals surface area contributed by atoms with Gasteiger partial charge in [-0.1, -0.05) is 0 Å². The molecule has 2 aromatic heterocycles. The molecule has 0 fully saturated rings. The zero-order chi connectivity index (χ0) is 14.8. The van der Waals surface area contributed by atoms with E-state index in [0.717, 1.165) is 11.3 Å². The van der Waals surface area contributed by atoms with E-state index in [0.29, 0.717) is 10.6 Å². The smallest absolute Gasteiger partial charge is 0.465 e. The van der Waals surface area contributed by atoms with Crippen LogP contribution in [0.1, 0.15) is 10.4 Å². The van der Waals surface area contributed by atoms with Gasteiger partial charge in [0.15, 0.2) is 0 Å². The van der Waals surface area contributed by atoms with Crippen molar-refractivity contribution in [1.82, 2.24) is 4.98 Å². The quantitative estimate of drug-likeness (QED) is 0.814. The van der Waals surface area contributed by atoms with Gasteiger partial charge < -0.3 is 9.47 Å². The largest absolute Gasteiger partial charge is 0.573 e. The van der Waals surface area contributed by atoms with E-state index in [-0.39, 0.29) is 11.3 Å². The van der Waals surface area contributed by atoms with Gasteiger partial charge >= 0.3 is 12.3 Å². The van der Waals surface area contributed by atoms with Gasteiger partial charge in [-0.3, -0.25) is 4.98 Å². The molecule has 0 aliphatic carbocycles. The molecule has 106 valence electrons. The average Bonchev–Trinajstić information content (AvgIpc) is 2.84. The topological polar surface area (TPSA) is 48.4 Å². The molecule has 0 N–H and O–H groups in total. The summed E-state index contributed by atoms with van der Waals surface area (Å²) in [5, 5.41) is 1.23. The lowest BCUT2D eigenvalue weighted by Gasteiger charge is -2.05. The number of carbonyl (C=O) groups excluding carboxylic acids is 1. The highest BCUT2D eigenvalue weighted by Crippen LogP contribution is 2.32. The van der Waals surface area contributed by atoms with Crippen molar-refractivity contribution in [3.05, 3.63) is 35.3 Å². The molecule has 0 aliphatic heterocycles. The number of hydrogen-bond acceptors (Lipinski definition) is 5. The summed E-state index contributed by atoms with van der Waals surface area (Å²) in [6.07, 6.45) is -3.42. The van der Waals surface area contributed by atoms with Gasteiger partial charge in [0.2, 0.25) is 0 Å². The third-order valence-electron chi connectivity index (χ3n) is 2.25. The molecular weight excluding hydrogens is 295 g/mol. The van der Waals surface area contributed by atoms with Crippen LogP contribution in [0, 0.1) is 0 Å². The van der Waals surface area contributed by atoms with Crippen molar-refractivity contribution >= 4 is 17.3 Å². The summed E-state index contributed by atoms with van der Waals surface area (Å²) in [6, 6.07) is 4.24. The van der Waals surface area contributed by atoms with Gasteiger partial charge in [-0.2, -0.15) is 0 Å². The average molecular weight is 303 g/mol. The van der Waals surface area contributed by atoms with E-state index in [1.165, 1.54) is 36.9 Å². The van der Waals surface area contributed by atoms with Crippen molar-refractivity contribution in [2.75, 3.05) is 7.11 Å². The number of thiophene rings is 1. The van der Waals surface area contributed by atoms with Crippen LogP contribution in [-0.2, 0) is 4.74 Å². The van der Waals surface area contributed by atoms with E-state index >= 15 is 0 Å². The summed E-state index contributed by atoms with van der Waals surface area (Å²) in [5.74, 6) is -0.826. The zero-order valence-electron chi connectivity index (χ0n) is 10.1. The number of carbonyl (C=O) groups is 1. The number of halogens is 3. The molecule has 4 nitrogen and oxygen atoms in total. The van der Waals surface area contributed by atoms with Gasteiger partial charge in [-0.25, -0.2) is 4.79 Å². The Hall–Kier alpha value is -2.09. The monoisotopic (exact) mass is 303 g/mol. The van der Waals surface area contributed by atoms with Crippen LogP contribution in [-0.4, -0.2) is 24.4 Å². The molecule has 0 bridgehead atoms. The van der Waals surface area contributed by atoms with Gasteiger partial charge in [0.1, 0.15) is 5.75 Å². The van der Waals surface area contributed by atoms with E-state index in [2.05, 4.69) is 14.5 Å². The molecule has 0 spiro atoms. The first-order valence-electron chi connectivity index (χ1n) is 5.28. The lowest BCUT2D eigenvalue weighted by atomic mass is 10.2. The number of aromatic nitrogens is 1. The molecule has 0 saturated heterocycles. The molecule has 0 saturated carbocycles. The van der Waals surface area contributed by atoms with Crippen molar-refractivity contribution in [3.8, 4) is 16.3 Å². The van der Waals surface area contributed by atoms with Crippen LogP contribution in [0.2, 0.25) is 0 Å². The Morgan fingerprint density at radius 3 is 2.65 bits per heavy atom. The third kappa shape index (κ3) is 3.47. The summed E-state index contributed by atoms with van der Waals surface area (Å²) < 4.78 is 44.5. The van der Waals surface area contributed by atoms with E-state index in [9.17, 15) is 18.0 Å². The second-order valence-electron chi connectivity index (χ2n) is 3.62. The second-order valence-corrected chi connectivity index (χ2v) is 4.53. The fourth-order valence-corrected chi connectivity index (χ4v) is 2.20. The molecular formula is C12H8F3NO3S. The van der Waals surface area contributed by atoms with Crippen LogP contribution >= 0.6 is 11.3 Å². The van der Waals surface area contributed by atoms with Crippen LogP contribution in [0.5, 0.6) is 5.75 Å². The first-order valence-corrected chi connectivity index (χ1v) is 6.16. The SMILES string of the molecule is COC(=O)c1ccc(-c2cc(OC(F)(F)F)cs2)nc1. The number of nitrogens with zero attached hydrogens (tertiary/aromatic N) is 1. The molecule has 2 rings (SSSR count).